The van der Waals surface area contributed by atoms with Gasteiger partial charge in [0.25, 0.3) is 0 Å². The molecule has 3 saturated carbocycles. The van der Waals surface area contributed by atoms with Crippen LogP contribution in [0.15, 0.2) is 174 Å². The molecule has 3 fully saturated rings. The van der Waals surface area contributed by atoms with Crippen LogP contribution in [-0.4, -0.2) is 126 Å². The molecule has 0 radical (unpaired) electrons. The van der Waals surface area contributed by atoms with Crippen LogP contribution < -0.4 is 31.9 Å². The Morgan fingerprint density at radius 1 is 0.447 bits per heavy atom. The van der Waals surface area contributed by atoms with Crippen LogP contribution in [0, 0.1) is 84.8 Å². The molecule has 0 spiro atoms. The number of aryl methyl sites for hydroxylation is 2. The largest absolute Gasteiger partial charge is 0.392 e. The summed E-state index contributed by atoms with van der Waals surface area (Å²) in [4.78, 5) is 127. The highest BCUT2D eigenvalue weighted by atomic mass is 19.1. The van der Waals surface area contributed by atoms with Gasteiger partial charge >= 0.3 is 6.15 Å². The van der Waals surface area contributed by atoms with E-state index in [1.807, 2.05) is 135 Å². The van der Waals surface area contributed by atoms with Crippen molar-refractivity contribution in [2.45, 2.75) is 258 Å². The van der Waals surface area contributed by atoms with E-state index in [-0.39, 0.29) is 93.9 Å². The number of benzene rings is 8. The predicted molar refractivity (Wildman–Crippen MR) is 578 cm³/mol. The van der Waals surface area contributed by atoms with Crippen molar-refractivity contribution >= 4 is 166 Å². The van der Waals surface area contributed by atoms with E-state index in [9.17, 15) is 52.9 Å². The number of nitrogens with one attached hydrogen (secondary N) is 6. The Balaban J connectivity index is 0.000000159. The number of hydrogen-bond donors (Lipinski definition) is 9. The minimum absolute atomic E-state index is 0.0149. The number of para-hydroxylation sites is 2. The quantitative estimate of drug-likeness (QED) is 0.0302. The molecular weight excluding hydrogens is 1910 g/mol. The number of carbonyl (C=O) groups excluding carboxylic acids is 8. The number of aromatic nitrogens is 12. The van der Waals surface area contributed by atoms with Crippen molar-refractivity contribution in [3.8, 4) is 17.3 Å². The second kappa shape index (κ2) is 47.3. The number of anilines is 6. The lowest BCUT2D eigenvalue weighted by molar-refractivity contribution is -0.192. The molecule has 3 aliphatic rings. The lowest BCUT2D eigenvalue weighted by Crippen LogP contribution is -2.40. The Bertz CT molecular complexity index is 7700. The smallest absolute Gasteiger partial charge is 0.373 e. The summed E-state index contributed by atoms with van der Waals surface area (Å²) in [6.07, 6.45) is 10.9. The number of fused-ring (bicyclic) bond motifs is 6. The van der Waals surface area contributed by atoms with E-state index in [1.54, 1.807) is 119 Å². The van der Waals surface area contributed by atoms with Gasteiger partial charge in [-0.15, -0.1) is 0 Å². The third-order valence-corrected chi connectivity index (χ3v) is 25.9. The molecular formula is C114H130F2N22O12. The normalized spacial score (nSPS) is 13.6. The number of rotatable bonds is 21. The molecule has 15 aromatic rings. The van der Waals surface area contributed by atoms with Gasteiger partial charge in [-0.3, -0.25) is 69.1 Å². The minimum atomic E-state index is -1.16. The van der Waals surface area contributed by atoms with Crippen LogP contribution >= 0.6 is 0 Å². The Morgan fingerprint density at radius 3 is 1.24 bits per heavy atom. The van der Waals surface area contributed by atoms with Crippen molar-refractivity contribution in [3.63, 3.8) is 0 Å². The number of amides is 6. The van der Waals surface area contributed by atoms with Crippen LogP contribution in [0.2, 0.25) is 0 Å². The molecule has 782 valence electrons. The van der Waals surface area contributed by atoms with Gasteiger partial charge in [0.1, 0.15) is 17.5 Å². The SMILES string of the molecule is CC(C)(C)CC(=O)Nc1nc2cccc(CO)c2n1C1CCC1.Cc1cccc2nc(NC(=O)CC(C)(C)C)n(C3CCC3)c12.O=C=O.[C-]#[N+]c1ccc2cc(NC(=O)CC(C)(C)C)n(-c3cc(C)no3)c2c1.[C-]#[N+]c1ccc2nc(NC(=O)C(C)(C)C(C)O)n(C3CCC3)c2c1.[C-]#[N+]c1ccc2nc(NC(=O)CC(C)(C)O)n(-c3ccc(F)cc3)c2c1.[C-]#[N+]c1ccc2nc(NC(=O)[C@@H](C)C(C)(C)C)n(-c3ccc(F)cc3)c2c1. The van der Waals surface area contributed by atoms with E-state index in [0.29, 0.717) is 129 Å². The summed E-state index contributed by atoms with van der Waals surface area (Å²) in [5.41, 5.74) is 12.4. The third kappa shape index (κ3) is 28.2. The second-order valence-corrected chi connectivity index (χ2v) is 43.8. The molecule has 0 saturated heterocycles. The molecule has 7 heterocycles. The number of carbonyl (C=O) groups is 6. The van der Waals surface area contributed by atoms with Crippen LogP contribution in [0.5, 0.6) is 0 Å². The molecule has 36 heteroatoms. The van der Waals surface area contributed by atoms with E-state index < -0.39 is 23.0 Å². The molecule has 9 N–H and O–H groups in total. The monoisotopic (exact) mass is 2040 g/mol. The van der Waals surface area contributed by atoms with E-state index in [2.05, 4.69) is 124 Å². The fraction of sp³-hybridized carbons (Fsp3) is 0.395. The molecule has 0 aliphatic heterocycles. The van der Waals surface area contributed by atoms with Crippen molar-refractivity contribution in [1.29, 1.82) is 0 Å². The fourth-order valence-electron chi connectivity index (χ4n) is 16.9. The van der Waals surface area contributed by atoms with Crippen molar-refractivity contribution in [1.82, 2.24) is 57.5 Å². The first-order valence-electron chi connectivity index (χ1n) is 49.7. The zero-order valence-corrected chi connectivity index (χ0v) is 88.4. The molecule has 8 aromatic carbocycles. The highest BCUT2D eigenvalue weighted by Crippen LogP contribution is 2.44. The van der Waals surface area contributed by atoms with Gasteiger partial charge in [-0.2, -0.15) is 9.59 Å². The first-order valence-corrected chi connectivity index (χ1v) is 49.7. The number of aliphatic hydroxyl groups is 3. The van der Waals surface area contributed by atoms with Crippen molar-refractivity contribution in [3.05, 3.63) is 244 Å². The molecule has 18 rings (SSSR count). The summed E-state index contributed by atoms with van der Waals surface area (Å²) in [6, 6.07) is 49.3. The highest BCUT2D eigenvalue weighted by Gasteiger charge is 2.37. The maximum Gasteiger partial charge on any atom is 0.373 e. The second-order valence-electron chi connectivity index (χ2n) is 43.8. The molecule has 0 bridgehead atoms. The Hall–Kier alpha value is -16.2. The lowest BCUT2D eigenvalue weighted by Gasteiger charge is -2.31. The highest BCUT2D eigenvalue weighted by molar-refractivity contribution is 6.00. The number of aliphatic hydroxyl groups excluding tert-OH is 2. The summed E-state index contributed by atoms with van der Waals surface area (Å²) in [6.45, 7) is 67.2. The van der Waals surface area contributed by atoms with E-state index in [1.165, 1.54) is 74.9 Å². The number of nitrogens with zero attached hydrogens (tertiary/aromatic N) is 16. The standard InChI is InChI=1S/C21H21FN4O.C19H17FN4O2.C19H20N4O2.C18H22N4O2.C18H25N3O2.C18H25N3O.CO2/c1-13(21(2,3)4)19(27)25-20-24-17-11-8-15(23-5)12-18(17)26(20)16-9-6-14(22)7-10-16;1-19(2,26)11-17(25)23-18-22-15-9-6-13(21-3)10-16(15)24(18)14-7-4-12(20)5-8-14;1-12-8-18(25-22-12)23-15-10-14(20-5)7-6-13(15)9-16(23)21-17(24)11-19(2,3)4;1-11(23)18(2,3)16(24)21-17-20-14-9-8-12(19-4)10-15(14)22(17)13-6-5-7-13;1-18(2,3)10-15(23)20-17-19-14-9-4-6-12(11-22)16(14)21(17)13-7-5-8-13;1-12-7-5-10-14-16(12)21(13-8-6-9-13)17(19-14)20-15(22)11-18(2,3)4;2-1-3/h6-13H,1-4H3,(H,24,25,27);4-10,26H,11H2,1-2H3,(H,22,23,25);6-10H,11H2,1-4H3,(H,21,24);8-11,13,23H,5-7H2,1-3H3,(H,20,21,24);4,6,9,13,22H,5,7-8,10-11H2,1-3H3,(H,19,20,23);5,7,10,13H,6,8-9,11H2,1-4H3,(H,19,20,22);/t13-;;;;;;/m1....../s1. The maximum atomic E-state index is 13.4. The molecule has 150 heavy (non-hydrogen) atoms. The molecule has 6 amide bonds. The number of halogens is 2. The molecule has 1 unspecified atom stereocenters. The molecule has 2 atom stereocenters. The van der Waals surface area contributed by atoms with Crippen molar-refractivity contribution in [2.75, 3.05) is 31.9 Å². The average molecular weight is 2040 g/mol. The van der Waals surface area contributed by atoms with Crippen LogP contribution in [-0.2, 0) is 45.0 Å². The van der Waals surface area contributed by atoms with E-state index >= 15 is 0 Å². The summed E-state index contributed by atoms with van der Waals surface area (Å²) in [5.74, 6) is 1.68. The number of hydrogen-bond acceptors (Lipinski definition) is 18. The number of imidazole rings is 5. The Labute approximate surface area is 870 Å². The van der Waals surface area contributed by atoms with Gasteiger partial charge in [-0.25, -0.2) is 53.1 Å². The van der Waals surface area contributed by atoms with Crippen LogP contribution in [0.1, 0.15) is 243 Å². The lowest BCUT2D eigenvalue weighted by atomic mass is 9.81. The van der Waals surface area contributed by atoms with Gasteiger partial charge in [0.05, 0.1) is 117 Å². The Kier molecular flexibility index (Phi) is 35.5. The van der Waals surface area contributed by atoms with E-state index in [4.69, 9.17) is 40.4 Å². The molecule has 7 aromatic heterocycles. The van der Waals surface area contributed by atoms with Gasteiger partial charge in [-0.05, 0) is 248 Å². The van der Waals surface area contributed by atoms with Crippen LogP contribution in [0.3, 0.4) is 0 Å². The van der Waals surface area contributed by atoms with Gasteiger partial charge in [0, 0.05) is 71.8 Å². The third-order valence-electron chi connectivity index (χ3n) is 25.9. The van der Waals surface area contributed by atoms with Crippen LogP contribution in [0.4, 0.5) is 67.1 Å². The minimum Gasteiger partial charge on any atom is -0.392 e. The van der Waals surface area contributed by atoms with Gasteiger partial charge in [0.15, 0.2) is 22.7 Å². The Morgan fingerprint density at radius 2 is 0.827 bits per heavy atom. The first-order chi connectivity index (χ1) is 70.7. The van der Waals surface area contributed by atoms with Gasteiger partial charge < -0.3 is 38.9 Å². The zero-order chi connectivity index (χ0) is 110. The first kappa shape index (κ1) is 113. The summed E-state index contributed by atoms with van der Waals surface area (Å²) in [7, 11) is 0. The summed E-state index contributed by atoms with van der Waals surface area (Å²) < 4.78 is 43.6. The predicted octanol–water partition coefficient (Wildman–Crippen LogP) is 25.2. The summed E-state index contributed by atoms with van der Waals surface area (Å²) >= 11 is 0. The molecule has 34 nitrogen and oxygen atoms in total. The zero-order valence-electron chi connectivity index (χ0n) is 88.4. The van der Waals surface area contributed by atoms with Crippen molar-refractivity contribution < 1.29 is 67.0 Å². The summed E-state index contributed by atoms with van der Waals surface area (Å²) in [5, 5.41) is 51.6. The van der Waals surface area contributed by atoms with Gasteiger partial charge in [-0.1, -0.05) is 150 Å². The van der Waals surface area contributed by atoms with Gasteiger partial charge in [0.2, 0.25) is 71.1 Å². The molecule has 3 aliphatic carbocycles. The van der Waals surface area contributed by atoms with Crippen LogP contribution in [0.25, 0.3) is 103 Å². The topological polar surface area (TPSA) is 407 Å². The average Bonchev–Trinajstić information content (AvgIpc) is 1.60. The van der Waals surface area contributed by atoms with E-state index in [0.717, 1.165) is 81.8 Å². The van der Waals surface area contributed by atoms with Crippen molar-refractivity contribution in [2.24, 2.45) is 33.0 Å². The maximum absolute atomic E-state index is 13.4. The fourth-order valence-corrected chi connectivity index (χ4v) is 16.9.